The number of amides is 2. The summed E-state index contributed by atoms with van der Waals surface area (Å²) in [7, 11) is 2.95. The van der Waals surface area contributed by atoms with Gasteiger partial charge in [0.1, 0.15) is 24.1 Å². The van der Waals surface area contributed by atoms with Crippen LogP contribution >= 0.6 is 0 Å². The van der Waals surface area contributed by atoms with Gasteiger partial charge >= 0.3 is 12.2 Å². The van der Waals surface area contributed by atoms with Crippen LogP contribution in [0, 0.1) is 27.9 Å². The number of methoxy groups -OCH3 is 1. The molecule has 1 heterocycles. The fourth-order valence-electron chi connectivity index (χ4n) is 9.91. The molecule has 6 atom stereocenters. The second-order valence-electron chi connectivity index (χ2n) is 17.5. The highest BCUT2D eigenvalue weighted by Crippen LogP contribution is 2.61. The molecule has 0 unspecified atom stereocenters. The summed E-state index contributed by atoms with van der Waals surface area (Å²) in [6.07, 6.45) is 19.1. The maximum absolute atomic E-state index is 13.5. The summed E-state index contributed by atoms with van der Waals surface area (Å²) in [5.41, 5.74) is 2.86. The number of carbonyl (C=O) groups excluding carboxylic acids is 2. The van der Waals surface area contributed by atoms with E-state index < -0.39 is 34.9 Å². The first-order chi connectivity index (χ1) is 31.6. The zero-order valence-electron chi connectivity index (χ0n) is 38.8. The van der Waals surface area contributed by atoms with Gasteiger partial charge in [-0.1, -0.05) is 94.9 Å². The number of nitro groups is 1. The molecule has 1 fully saturated rings. The number of ether oxygens (including phenoxy) is 4. The first kappa shape index (κ1) is 51.0. The molecule has 0 bridgehead atoms. The van der Waals surface area contributed by atoms with Gasteiger partial charge in [-0.3, -0.25) is 10.1 Å². The monoisotopic (exact) mass is 905 g/mol. The van der Waals surface area contributed by atoms with Gasteiger partial charge < -0.3 is 44.2 Å². The zero-order chi connectivity index (χ0) is 46.6. The summed E-state index contributed by atoms with van der Waals surface area (Å²) in [5.74, 6) is -1.54. The zero-order valence-corrected chi connectivity index (χ0v) is 38.8. The molecule has 0 saturated heterocycles. The molecule has 1 saturated carbocycles. The number of nitrogens with zero attached hydrogens (tertiary/aromatic N) is 3. The molecule has 1 aliphatic heterocycles. The Balaban J connectivity index is 1.51. The summed E-state index contributed by atoms with van der Waals surface area (Å²) >= 11 is 0. The van der Waals surface area contributed by atoms with Gasteiger partial charge in [0.2, 0.25) is 5.79 Å². The summed E-state index contributed by atoms with van der Waals surface area (Å²) in [6.45, 7) is 6.92. The highest BCUT2D eigenvalue weighted by molar-refractivity contribution is 6.03. The predicted octanol–water partition coefficient (Wildman–Crippen LogP) is 10.1. The third kappa shape index (κ3) is 13.5. The Morgan fingerprint density at radius 1 is 0.969 bits per heavy atom. The molecule has 65 heavy (non-hydrogen) atoms. The average Bonchev–Trinajstić information content (AvgIpc) is 3.31. The Bertz CT molecular complexity index is 1910. The molecule has 2 aromatic carbocycles. The summed E-state index contributed by atoms with van der Waals surface area (Å²) in [4.78, 5) is 45.1. The number of oxime groups is 1. The summed E-state index contributed by atoms with van der Waals surface area (Å²) in [5, 5.41) is 38.7. The quantitative estimate of drug-likeness (QED) is 0.0319. The molecule has 15 heteroatoms. The van der Waals surface area contributed by atoms with E-state index in [9.17, 15) is 29.9 Å². The van der Waals surface area contributed by atoms with Crippen LogP contribution in [0.2, 0.25) is 0 Å². The van der Waals surface area contributed by atoms with Crippen molar-refractivity contribution in [2.24, 2.45) is 22.9 Å². The molecular formula is C50H72N4O11. The van der Waals surface area contributed by atoms with Crippen molar-refractivity contribution in [1.82, 2.24) is 10.2 Å². The van der Waals surface area contributed by atoms with Crippen molar-refractivity contribution in [1.29, 1.82) is 0 Å². The molecule has 3 N–H and O–H groups in total. The Hall–Kier alpha value is -4.99. The van der Waals surface area contributed by atoms with Gasteiger partial charge in [-0.05, 0) is 85.4 Å². The fourth-order valence-corrected chi connectivity index (χ4v) is 9.91. The predicted molar refractivity (Wildman–Crippen MR) is 249 cm³/mol. The maximum atomic E-state index is 13.5. The second kappa shape index (κ2) is 26.2. The molecule has 3 aliphatic rings. The van der Waals surface area contributed by atoms with Crippen LogP contribution in [0.25, 0.3) is 0 Å². The lowest BCUT2D eigenvalue weighted by molar-refractivity contribution is -0.384. The van der Waals surface area contributed by atoms with Crippen molar-refractivity contribution < 1.29 is 48.5 Å². The highest BCUT2D eigenvalue weighted by Gasteiger charge is 2.65. The van der Waals surface area contributed by atoms with Crippen molar-refractivity contribution in [2.75, 3.05) is 40.5 Å². The number of hydrogen-bond acceptors (Lipinski definition) is 12. The van der Waals surface area contributed by atoms with Crippen LogP contribution in [-0.2, 0) is 20.9 Å². The van der Waals surface area contributed by atoms with Crippen molar-refractivity contribution in [3.05, 3.63) is 88.0 Å². The van der Waals surface area contributed by atoms with E-state index in [-0.39, 0.29) is 56.3 Å². The van der Waals surface area contributed by atoms with Crippen molar-refractivity contribution >= 4 is 23.6 Å². The van der Waals surface area contributed by atoms with Crippen molar-refractivity contribution in [2.45, 2.75) is 140 Å². The lowest BCUT2D eigenvalue weighted by atomic mass is 9.55. The molecular weight excluding hydrogens is 833 g/mol. The van der Waals surface area contributed by atoms with E-state index in [1.165, 1.54) is 69.1 Å². The summed E-state index contributed by atoms with van der Waals surface area (Å²) in [6, 6.07) is 10.7. The topological polar surface area (TPSA) is 192 Å². The second-order valence-corrected chi connectivity index (χ2v) is 17.5. The van der Waals surface area contributed by atoms with Crippen LogP contribution in [0.3, 0.4) is 0 Å². The number of hydrogen-bond donors (Lipinski definition) is 3. The minimum Gasteiger partial charge on any atom is -0.459 e. The van der Waals surface area contributed by atoms with Gasteiger partial charge in [0.15, 0.2) is 0 Å². The number of non-ortho nitro benzene ring substituents is 1. The standard InChI is InChI=1S/C50H72N4O11/c1-5-7-8-9-10-11-12-13-14-17-28-51-48(57)64-39-26-27-44-42(33-39)46-40(21-16-19-30-56)37(20-15-18-29-55)32-41-43(52-63-35-36-22-24-38(25-23-36)54(59)60)34-45(53(3)49(58)61-4)50(65-44,47(41)46)62-31-6-2/h6,22-27,32-33,37,40,45-47,55-56H,2,5,7-21,28-31,34-35H2,1,3-4H3,(H,51,57)/t37-,40+,45-,46+,47+,50+/m0/s1. The number of benzene rings is 2. The Labute approximate surface area is 384 Å². The number of nitrogens with one attached hydrogen (secondary N) is 1. The van der Waals surface area contributed by atoms with Crippen molar-refractivity contribution in [3.63, 3.8) is 0 Å². The van der Waals surface area contributed by atoms with E-state index in [0.29, 0.717) is 42.2 Å². The first-order valence-electron chi connectivity index (χ1n) is 23.8. The first-order valence-corrected chi connectivity index (χ1v) is 23.8. The number of likely N-dealkylation sites (N-methyl/N-ethyl adjacent to an activating group) is 1. The van der Waals surface area contributed by atoms with Crippen molar-refractivity contribution in [3.8, 4) is 11.5 Å². The van der Waals surface area contributed by atoms with Gasteiger partial charge in [-0.2, -0.15) is 0 Å². The van der Waals surface area contributed by atoms with E-state index in [4.69, 9.17) is 28.9 Å². The molecule has 358 valence electrons. The SMILES string of the molecule is C=CCO[C@@]12Oc3ccc(OC(=O)NCCCCCCCCCCCC)cc3[C@H]3[C@H](CCCCO)[C@@H](CCCCO)C=C(C(=NOCc4ccc([N+](=O)[O-])cc4)C[C@@H]1N(C)C(=O)OC)[C@H]32. The third-order valence-corrected chi connectivity index (χ3v) is 13.1. The lowest BCUT2D eigenvalue weighted by Crippen LogP contribution is -2.69. The van der Waals surface area contributed by atoms with E-state index in [2.05, 4.69) is 24.9 Å². The number of aliphatic hydroxyl groups excluding tert-OH is 2. The minimum atomic E-state index is -1.47. The summed E-state index contributed by atoms with van der Waals surface area (Å²) < 4.78 is 25.2. The van der Waals surface area contributed by atoms with Gasteiger partial charge in [0.25, 0.3) is 5.69 Å². The van der Waals surface area contributed by atoms with Gasteiger partial charge in [0.05, 0.1) is 30.3 Å². The third-order valence-electron chi connectivity index (χ3n) is 13.1. The Morgan fingerprint density at radius 2 is 1.65 bits per heavy atom. The molecule has 5 rings (SSSR count). The maximum Gasteiger partial charge on any atom is 0.412 e. The molecule has 15 nitrogen and oxygen atoms in total. The molecule has 0 spiro atoms. The number of unbranched alkanes of at least 4 members (excludes halogenated alkanes) is 11. The van der Waals surface area contributed by atoms with E-state index >= 15 is 0 Å². The molecule has 0 aromatic heterocycles. The molecule has 2 aliphatic carbocycles. The van der Waals surface area contributed by atoms with Crippen LogP contribution in [-0.4, -0.2) is 90.3 Å². The van der Waals surface area contributed by atoms with E-state index in [1.54, 1.807) is 37.4 Å². The number of carbonyl (C=O) groups is 2. The molecule has 2 aromatic rings. The fraction of sp³-hybridized carbons (Fsp3) is 0.620. The normalized spacial score (nSPS) is 22.4. The largest absolute Gasteiger partial charge is 0.459 e. The lowest BCUT2D eigenvalue weighted by Gasteiger charge is -2.59. The van der Waals surface area contributed by atoms with E-state index in [1.807, 2.05) is 6.07 Å². The number of fused-ring (bicyclic) bond motifs is 2. The highest BCUT2D eigenvalue weighted by atomic mass is 16.7. The van der Waals surface area contributed by atoms with Crippen LogP contribution in [0.5, 0.6) is 11.5 Å². The number of rotatable bonds is 28. The number of allylic oxidation sites excluding steroid dienone is 1. The van der Waals surface area contributed by atoms with E-state index in [0.717, 1.165) is 56.1 Å². The van der Waals surface area contributed by atoms with Crippen LogP contribution in [0.4, 0.5) is 15.3 Å². The minimum absolute atomic E-state index is 0.0109. The van der Waals surface area contributed by atoms with Crippen LogP contribution < -0.4 is 14.8 Å². The van der Waals surface area contributed by atoms with Gasteiger partial charge in [0, 0.05) is 56.8 Å². The smallest absolute Gasteiger partial charge is 0.412 e. The Morgan fingerprint density at radius 3 is 2.29 bits per heavy atom. The van der Waals surface area contributed by atoms with Gasteiger partial charge in [-0.25, -0.2) is 9.59 Å². The van der Waals surface area contributed by atoms with Crippen LogP contribution in [0.1, 0.15) is 133 Å². The molecule has 0 radical (unpaired) electrons. The van der Waals surface area contributed by atoms with Crippen LogP contribution in [0.15, 0.2) is 71.9 Å². The van der Waals surface area contributed by atoms with Gasteiger partial charge in [-0.15, -0.1) is 6.58 Å². The number of nitro benzene ring substituents is 1. The Kier molecular flexibility index (Phi) is 20.6. The molecule has 2 amide bonds. The number of aliphatic hydroxyl groups is 2. The average molecular weight is 905 g/mol.